The predicted octanol–water partition coefficient (Wildman–Crippen LogP) is 5.95. The van der Waals surface area contributed by atoms with Crippen molar-refractivity contribution in [1.82, 2.24) is 0 Å². The van der Waals surface area contributed by atoms with E-state index in [1.807, 2.05) is 13.8 Å². The Morgan fingerprint density at radius 3 is 1.59 bits per heavy atom. The van der Waals surface area contributed by atoms with Gasteiger partial charge in [0.25, 0.3) is 0 Å². The molecular weight excluding hydrogens is 508 g/mol. The quantitative estimate of drug-likeness (QED) is 0.328. The summed E-state index contributed by atoms with van der Waals surface area (Å²) in [6.45, 7) is 7.32. The van der Waals surface area contributed by atoms with E-state index in [1.165, 1.54) is 42.5 Å². The first-order chi connectivity index (χ1) is 17.3. The van der Waals surface area contributed by atoms with Crippen LogP contribution in [0.3, 0.4) is 0 Å². The molecule has 37 heavy (non-hydrogen) atoms. The van der Waals surface area contributed by atoms with Crippen LogP contribution in [0.2, 0.25) is 0 Å². The van der Waals surface area contributed by atoms with Gasteiger partial charge in [-0.25, -0.2) is 21.6 Å². The highest BCUT2D eigenvalue weighted by atomic mass is 32.2. The lowest BCUT2D eigenvalue weighted by atomic mass is 10.00. The van der Waals surface area contributed by atoms with Crippen molar-refractivity contribution in [2.24, 2.45) is 0 Å². The second-order valence-electron chi connectivity index (χ2n) is 9.01. The lowest BCUT2D eigenvalue weighted by Crippen LogP contribution is -2.10. The molecule has 0 aliphatic heterocycles. The molecule has 0 bridgehead atoms. The number of aryl methyl sites for hydroxylation is 4. The van der Waals surface area contributed by atoms with Gasteiger partial charge in [-0.15, -0.1) is 0 Å². The number of aromatic carboxylic acids is 1. The lowest BCUT2D eigenvalue weighted by Gasteiger charge is -2.16. The topological polar surface area (TPSA) is 106 Å². The predicted molar refractivity (Wildman–Crippen MR) is 142 cm³/mol. The van der Waals surface area contributed by atoms with Crippen LogP contribution in [0.4, 0.5) is 0 Å². The number of carboxylic acid groups (broad SMARTS) is 1. The first-order valence-electron chi connectivity index (χ1n) is 11.5. The molecule has 0 radical (unpaired) electrons. The molecule has 4 rings (SSSR count). The number of hydrogen-bond donors (Lipinski definition) is 1. The van der Waals surface area contributed by atoms with Gasteiger partial charge in [0.1, 0.15) is 0 Å². The molecule has 0 saturated heterocycles. The summed E-state index contributed by atoms with van der Waals surface area (Å²) in [6, 6.07) is 19.3. The van der Waals surface area contributed by atoms with E-state index in [0.717, 1.165) is 28.3 Å². The molecule has 4 aromatic rings. The number of hydrogen-bond acceptors (Lipinski definition) is 5. The van der Waals surface area contributed by atoms with Crippen LogP contribution in [0.5, 0.6) is 0 Å². The van der Waals surface area contributed by atoms with E-state index in [-0.39, 0.29) is 36.3 Å². The van der Waals surface area contributed by atoms with Gasteiger partial charge < -0.3 is 5.11 Å². The number of carboxylic acids is 1. The van der Waals surface area contributed by atoms with Gasteiger partial charge >= 0.3 is 5.97 Å². The van der Waals surface area contributed by atoms with Gasteiger partial charge in [0.05, 0.1) is 25.1 Å². The molecule has 0 aromatic heterocycles. The molecule has 0 aliphatic rings. The minimum Gasteiger partial charge on any atom is -0.478 e. The Kier molecular flexibility index (Phi) is 6.83. The highest BCUT2D eigenvalue weighted by Gasteiger charge is 2.28. The summed E-state index contributed by atoms with van der Waals surface area (Å²) in [5.74, 6) is -1.23. The molecule has 4 aromatic carbocycles. The normalized spacial score (nSPS) is 11.9. The highest BCUT2D eigenvalue weighted by Crippen LogP contribution is 2.37. The zero-order chi connectivity index (χ0) is 27.1. The van der Waals surface area contributed by atoms with E-state index in [2.05, 4.69) is 0 Å². The third-order valence-corrected chi connectivity index (χ3v) is 10.1. The second kappa shape index (κ2) is 9.61. The van der Waals surface area contributed by atoms with Crippen molar-refractivity contribution >= 4 is 25.6 Å². The molecule has 0 saturated carbocycles. The summed E-state index contributed by atoms with van der Waals surface area (Å²) < 4.78 is 55.0. The number of benzene rings is 4. The van der Waals surface area contributed by atoms with Crippen molar-refractivity contribution in [2.75, 3.05) is 0 Å². The average Bonchev–Trinajstić information content (AvgIpc) is 2.86. The molecule has 0 spiro atoms. The minimum absolute atomic E-state index is 0.00890. The molecule has 8 heteroatoms. The number of rotatable bonds is 6. The van der Waals surface area contributed by atoms with Crippen LogP contribution in [0, 0.1) is 27.7 Å². The van der Waals surface area contributed by atoms with Crippen molar-refractivity contribution in [3.8, 4) is 11.1 Å². The van der Waals surface area contributed by atoms with Crippen molar-refractivity contribution < 1.29 is 26.7 Å². The molecule has 1 N–H and O–H groups in total. The Hall–Kier alpha value is -3.75. The maximum Gasteiger partial charge on any atom is 0.336 e. The molecular formula is C29H26O6S2. The fourth-order valence-corrected chi connectivity index (χ4v) is 7.07. The number of carbonyl (C=O) groups is 1. The molecule has 0 heterocycles. The molecule has 0 fully saturated rings. The molecule has 190 valence electrons. The smallest absolute Gasteiger partial charge is 0.336 e. The molecule has 0 unspecified atom stereocenters. The van der Waals surface area contributed by atoms with Gasteiger partial charge in [-0.05, 0) is 98.0 Å². The summed E-state index contributed by atoms with van der Waals surface area (Å²) in [7, 11) is -8.30. The maximum absolute atomic E-state index is 13.9. The summed E-state index contributed by atoms with van der Waals surface area (Å²) in [6.07, 6.45) is 0. The van der Waals surface area contributed by atoms with Gasteiger partial charge in [0, 0.05) is 5.56 Å². The third kappa shape index (κ3) is 4.82. The minimum atomic E-state index is -4.24. The average molecular weight is 535 g/mol. The van der Waals surface area contributed by atoms with Crippen molar-refractivity contribution in [1.29, 1.82) is 0 Å². The Balaban J connectivity index is 2.03. The van der Waals surface area contributed by atoms with Gasteiger partial charge in [-0.2, -0.15) is 0 Å². The largest absolute Gasteiger partial charge is 0.478 e. The zero-order valence-corrected chi connectivity index (χ0v) is 22.4. The molecule has 6 nitrogen and oxygen atoms in total. The van der Waals surface area contributed by atoms with Crippen LogP contribution in [-0.4, -0.2) is 27.9 Å². The van der Waals surface area contributed by atoms with Crippen LogP contribution in [0.1, 0.15) is 32.6 Å². The van der Waals surface area contributed by atoms with Crippen LogP contribution >= 0.6 is 0 Å². The Morgan fingerprint density at radius 1 is 0.568 bits per heavy atom. The number of sulfone groups is 2. The SMILES string of the molecule is Cc1ccc(S(=O)(=O)c2ccc(-c3ccccc3C(=O)O)c(S(=O)(=O)c3ccc(C)c(C)c3)c2)cc1C. The van der Waals surface area contributed by atoms with Crippen molar-refractivity contribution in [3.63, 3.8) is 0 Å². The fraction of sp³-hybridized carbons (Fsp3) is 0.138. The Bertz CT molecular complexity index is 1770. The first kappa shape index (κ1) is 26.3. The summed E-state index contributed by atoms with van der Waals surface area (Å²) in [4.78, 5) is 11.5. The summed E-state index contributed by atoms with van der Waals surface area (Å²) in [5, 5.41) is 9.74. The maximum atomic E-state index is 13.9. The van der Waals surface area contributed by atoms with Gasteiger partial charge in [0.2, 0.25) is 19.7 Å². The zero-order valence-electron chi connectivity index (χ0n) is 20.8. The Morgan fingerprint density at radius 2 is 1.05 bits per heavy atom. The Labute approximate surface area is 217 Å². The van der Waals surface area contributed by atoms with E-state index in [1.54, 1.807) is 44.2 Å². The lowest BCUT2D eigenvalue weighted by molar-refractivity contribution is 0.0697. The molecule has 0 amide bonds. The van der Waals surface area contributed by atoms with Crippen molar-refractivity contribution in [2.45, 2.75) is 47.3 Å². The highest BCUT2D eigenvalue weighted by molar-refractivity contribution is 7.92. The first-order valence-corrected chi connectivity index (χ1v) is 14.4. The summed E-state index contributed by atoms with van der Waals surface area (Å²) >= 11 is 0. The third-order valence-electron chi connectivity index (χ3n) is 6.58. The second-order valence-corrected chi connectivity index (χ2v) is 12.9. The van der Waals surface area contributed by atoms with Gasteiger partial charge in [-0.3, -0.25) is 0 Å². The van der Waals surface area contributed by atoms with E-state index >= 15 is 0 Å². The fourth-order valence-electron chi connectivity index (χ4n) is 4.04. The van der Waals surface area contributed by atoms with Gasteiger partial charge in [-0.1, -0.05) is 36.4 Å². The molecule has 0 atom stereocenters. The van der Waals surface area contributed by atoms with Crippen LogP contribution in [-0.2, 0) is 19.7 Å². The van der Waals surface area contributed by atoms with E-state index in [4.69, 9.17) is 0 Å². The van der Waals surface area contributed by atoms with Gasteiger partial charge in [0.15, 0.2) is 0 Å². The van der Waals surface area contributed by atoms with E-state index in [0.29, 0.717) is 0 Å². The van der Waals surface area contributed by atoms with Crippen LogP contribution in [0.15, 0.2) is 98.4 Å². The summed E-state index contributed by atoms with van der Waals surface area (Å²) in [5.41, 5.74) is 3.56. The van der Waals surface area contributed by atoms with E-state index in [9.17, 15) is 26.7 Å². The monoisotopic (exact) mass is 534 g/mol. The van der Waals surface area contributed by atoms with Crippen molar-refractivity contribution in [3.05, 3.63) is 107 Å². The van der Waals surface area contributed by atoms with Crippen LogP contribution < -0.4 is 0 Å². The van der Waals surface area contributed by atoms with Crippen LogP contribution in [0.25, 0.3) is 11.1 Å². The van der Waals surface area contributed by atoms with E-state index < -0.39 is 25.6 Å². The standard InChI is InChI=1S/C29H26O6S2/c1-18-9-11-22(15-20(18)3)36(32,33)24-13-14-26(25-7-5-6-8-27(25)29(30)31)28(17-24)37(34,35)23-12-10-19(2)21(4)16-23/h5-17H,1-4H3,(H,30,31). The molecule has 0 aliphatic carbocycles.